The van der Waals surface area contributed by atoms with Gasteiger partial charge in [-0.25, -0.2) is 0 Å². The van der Waals surface area contributed by atoms with E-state index in [-0.39, 0.29) is 17.1 Å². The maximum absolute atomic E-state index is 12.6. The number of aromatic amines is 1. The van der Waals surface area contributed by atoms with Crippen LogP contribution in [0.4, 0.5) is 4.39 Å². The summed E-state index contributed by atoms with van der Waals surface area (Å²) in [5.41, 5.74) is 0.351. The first-order chi connectivity index (χ1) is 7.16. The van der Waals surface area contributed by atoms with E-state index in [0.717, 1.165) is 0 Å². The Labute approximate surface area is 92.4 Å². The zero-order valence-electron chi connectivity index (χ0n) is 7.40. The molecular weight excluding hydrogens is 264 g/mol. The third kappa shape index (κ3) is 2.11. The molecule has 75 valence electrons. The van der Waals surface area contributed by atoms with Crippen LogP contribution in [0, 0.1) is 5.82 Å². The molecule has 0 unspecified atom stereocenters. The zero-order chi connectivity index (χ0) is 10.8. The molecule has 2 rings (SSSR count). The Kier molecular flexibility index (Phi) is 2.62. The SMILES string of the molecule is O=c1[nH]c([Se])nnc1-c1ccc(F)cc1. The second-order valence-corrected chi connectivity index (χ2v) is 3.63. The fourth-order valence-corrected chi connectivity index (χ4v) is 1.40. The van der Waals surface area contributed by atoms with E-state index in [1.165, 1.54) is 24.3 Å². The van der Waals surface area contributed by atoms with Gasteiger partial charge in [-0.3, -0.25) is 0 Å². The Morgan fingerprint density at radius 1 is 1.20 bits per heavy atom. The maximum atomic E-state index is 12.6. The quantitative estimate of drug-likeness (QED) is 0.727. The molecule has 2 aromatic rings. The minimum absolute atomic E-state index is 0.175. The number of rotatable bonds is 1. The van der Waals surface area contributed by atoms with Crippen molar-refractivity contribution in [1.29, 1.82) is 0 Å². The summed E-state index contributed by atoms with van der Waals surface area (Å²) in [5.74, 6) is -0.358. The first-order valence-electron chi connectivity index (χ1n) is 4.07. The second-order valence-electron chi connectivity index (χ2n) is 2.81. The second kappa shape index (κ2) is 3.92. The standard InChI is InChI=1S/C9H5FN3OSe/c10-6-3-1-5(2-4-6)7-8(14)11-9(15)13-12-7/h1-4H,(H,11,13,14). The zero-order valence-corrected chi connectivity index (χ0v) is 9.11. The van der Waals surface area contributed by atoms with Crippen molar-refractivity contribution in [2.45, 2.75) is 0 Å². The van der Waals surface area contributed by atoms with Gasteiger partial charge in [0, 0.05) is 0 Å². The topological polar surface area (TPSA) is 58.6 Å². The number of aromatic nitrogens is 3. The first kappa shape index (κ1) is 10.0. The fourth-order valence-electron chi connectivity index (χ4n) is 1.12. The van der Waals surface area contributed by atoms with Crippen LogP contribution in [0.3, 0.4) is 0 Å². The van der Waals surface area contributed by atoms with Crippen LogP contribution in [0.2, 0.25) is 0 Å². The molecule has 4 nitrogen and oxygen atoms in total. The van der Waals surface area contributed by atoms with E-state index in [4.69, 9.17) is 0 Å². The van der Waals surface area contributed by atoms with E-state index in [9.17, 15) is 9.18 Å². The molecule has 1 N–H and O–H groups in total. The summed E-state index contributed by atoms with van der Waals surface area (Å²) < 4.78 is 13.0. The van der Waals surface area contributed by atoms with Crippen molar-refractivity contribution < 1.29 is 4.39 Å². The molecule has 0 aliphatic rings. The molecule has 0 saturated heterocycles. The third-order valence-electron chi connectivity index (χ3n) is 1.79. The van der Waals surface area contributed by atoms with Crippen molar-refractivity contribution >= 4 is 20.7 Å². The third-order valence-corrected chi connectivity index (χ3v) is 2.18. The van der Waals surface area contributed by atoms with E-state index in [2.05, 4.69) is 31.2 Å². The summed E-state index contributed by atoms with van der Waals surface area (Å²) in [6.45, 7) is 0. The van der Waals surface area contributed by atoms with E-state index in [1.807, 2.05) is 0 Å². The summed E-state index contributed by atoms with van der Waals surface area (Å²) in [7, 11) is 0. The molecule has 0 aliphatic carbocycles. The van der Waals surface area contributed by atoms with Crippen molar-refractivity contribution in [3.05, 3.63) is 40.4 Å². The number of benzene rings is 1. The van der Waals surface area contributed by atoms with Crippen molar-refractivity contribution in [3.8, 4) is 11.3 Å². The fraction of sp³-hybridized carbons (Fsp3) is 0. The predicted octanol–water partition coefficient (Wildman–Crippen LogP) is -0.235. The van der Waals surface area contributed by atoms with Gasteiger partial charge in [0.2, 0.25) is 0 Å². The molecule has 0 atom stereocenters. The molecule has 1 aromatic heterocycles. The molecule has 1 heterocycles. The van der Waals surface area contributed by atoms with Gasteiger partial charge >= 0.3 is 92.0 Å². The summed E-state index contributed by atoms with van der Waals surface area (Å²) in [6.07, 6.45) is 0. The molecule has 0 aliphatic heterocycles. The van der Waals surface area contributed by atoms with Crippen LogP contribution in [-0.4, -0.2) is 31.2 Å². The Hall–Kier alpha value is -1.52. The van der Waals surface area contributed by atoms with Crippen LogP contribution in [0.15, 0.2) is 29.1 Å². The summed E-state index contributed by atoms with van der Waals surface area (Å²) in [5, 5.41) is 7.41. The monoisotopic (exact) mass is 270 g/mol. The minimum atomic E-state index is -0.358. The van der Waals surface area contributed by atoms with Crippen molar-refractivity contribution in [3.63, 3.8) is 0 Å². The summed E-state index contributed by atoms with van der Waals surface area (Å²) in [6, 6.07) is 5.49. The van der Waals surface area contributed by atoms with Gasteiger partial charge in [-0.2, -0.15) is 0 Å². The molecule has 15 heavy (non-hydrogen) atoms. The van der Waals surface area contributed by atoms with Crippen LogP contribution >= 0.6 is 0 Å². The van der Waals surface area contributed by atoms with Gasteiger partial charge in [0.15, 0.2) is 0 Å². The number of nitrogens with zero attached hydrogens (tertiary/aromatic N) is 2. The van der Waals surface area contributed by atoms with E-state index in [0.29, 0.717) is 10.3 Å². The van der Waals surface area contributed by atoms with Gasteiger partial charge in [0.1, 0.15) is 0 Å². The van der Waals surface area contributed by atoms with Gasteiger partial charge < -0.3 is 0 Å². The van der Waals surface area contributed by atoms with Crippen LogP contribution in [0.25, 0.3) is 11.3 Å². The summed E-state index contributed by atoms with van der Waals surface area (Å²) in [4.78, 5) is 13.9. The Balaban J connectivity index is 2.55. The van der Waals surface area contributed by atoms with Gasteiger partial charge in [-0.05, 0) is 0 Å². The van der Waals surface area contributed by atoms with Crippen LogP contribution < -0.4 is 10.3 Å². The van der Waals surface area contributed by atoms with Crippen molar-refractivity contribution in [2.24, 2.45) is 0 Å². The predicted molar refractivity (Wildman–Crippen MR) is 53.4 cm³/mol. The molecule has 0 fully saturated rings. The number of hydrogen-bond donors (Lipinski definition) is 1. The molecular formula is C9H5FN3OSe. The normalized spacial score (nSPS) is 10.2. The Morgan fingerprint density at radius 3 is 2.47 bits per heavy atom. The number of H-pyrrole nitrogens is 1. The summed E-state index contributed by atoms with van der Waals surface area (Å²) >= 11 is 2.54. The van der Waals surface area contributed by atoms with Crippen LogP contribution in [-0.2, 0) is 0 Å². The van der Waals surface area contributed by atoms with E-state index >= 15 is 0 Å². The molecule has 0 amide bonds. The molecule has 1 aromatic carbocycles. The van der Waals surface area contributed by atoms with Crippen molar-refractivity contribution in [2.75, 3.05) is 0 Å². The van der Waals surface area contributed by atoms with Gasteiger partial charge in [-0.15, -0.1) is 0 Å². The Bertz CT molecular complexity index is 538. The Morgan fingerprint density at radius 2 is 1.87 bits per heavy atom. The van der Waals surface area contributed by atoms with Gasteiger partial charge in [0.05, 0.1) is 0 Å². The first-order valence-corrected chi connectivity index (χ1v) is 4.92. The number of halogens is 1. The molecule has 1 radical (unpaired) electrons. The molecule has 0 bridgehead atoms. The van der Waals surface area contributed by atoms with Gasteiger partial charge in [-0.1, -0.05) is 0 Å². The average molecular weight is 269 g/mol. The van der Waals surface area contributed by atoms with Crippen molar-refractivity contribution in [1.82, 2.24) is 15.2 Å². The molecule has 0 spiro atoms. The van der Waals surface area contributed by atoms with E-state index < -0.39 is 0 Å². The average Bonchev–Trinajstić information content (AvgIpc) is 2.20. The number of hydrogen-bond acceptors (Lipinski definition) is 3. The van der Waals surface area contributed by atoms with E-state index in [1.54, 1.807) is 0 Å². The molecule has 0 saturated carbocycles. The van der Waals surface area contributed by atoms with Crippen LogP contribution in [0.5, 0.6) is 0 Å². The molecule has 6 heteroatoms. The number of nitrogens with one attached hydrogen (secondary N) is 1. The van der Waals surface area contributed by atoms with Gasteiger partial charge in [0.25, 0.3) is 0 Å². The van der Waals surface area contributed by atoms with Crippen LogP contribution in [0.1, 0.15) is 0 Å².